The summed E-state index contributed by atoms with van der Waals surface area (Å²) in [6.07, 6.45) is 1.36. The number of aromatic nitrogens is 2. The molecule has 1 aromatic carbocycles. The van der Waals surface area contributed by atoms with Gasteiger partial charge in [0.1, 0.15) is 5.39 Å². The standard InChI is InChI=1S/C21H22N2O5/c1-3-8-14-11-15-17(19(28-4-2)18(22-15)21(26)27)20(25)23(14)12-16(24)13-9-6-5-7-10-13/h5-7,9-11,22H,3-4,8,12H2,1-2H3,(H,26,27). The van der Waals surface area contributed by atoms with Crippen LogP contribution in [0.1, 0.15) is 46.8 Å². The molecule has 0 radical (unpaired) electrons. The zero-order valence-corrected chi connectivity index (χ0v) is 15.8. The second-order valence-corrected chi connectivity index (χ2v) is 6.42. The molecule has 7 heteroatoms. The Morgan fingerprint density at radius 1 is 1.18 bits per heavy atom. The molecule has 2 aromatic heterocycles. The van der Waals surface area contributed by atoms with Crippen molar-refractivity contribution in [2.75, 3.05) is 6.61 Å². The van der Waals surface area contributed by atoms with Crippen LogP contribution in [0.2, 0.25) is 0 Å². The maximum absolute atomic E-state index is 13.2. The molecule has 0 amide bonds. The number of carboxylic acids is 1. The highest BCUT2D eigenvalue weighted by Crippen LogP contribution is 2.28. The van der Waals surface area contributed by atoms with Gasteiger partial charge in [-0.25, -0.2) is 4.79 Å². The predicted molar refractivity (Wildman–Crippen MR) is 105 cm³/mol. The van der Waals surface area contributed by atoms with E-state index in [4.69, 9.17) is 4.74 Å². The molecule has 0 saturated heterocycles. The Labute approximate surface area is 161 Å². The van der Waals surface area contributed by atoms with E-state index in [1.165, 1.54) is 4.57 Å². The lowest BCUT2D eigenvalue weighted by molar-refractivity contribution is 0.0687. The van der Waals surface area contributed by atoms with Crippen LogP contribution in [0.25, 0.3) is 10.9 Å². The third-order valence-electron chi connectivity index (χ3n) is 4.51. The van der Waals surface area contributed by atoms with Crippen molar-refractivity contribution in [2.24, 2.45) is 0 Å². The van der Waals surface area contributed by atoms with Crippen LogP contribution in [0.5, 0.6) is 5.75 Å². The summed E-state index contributed by atoms with van der Waals surface area (Å²) < 4.78 is 6.89. The number of benzene rings is 1. The number of Topliss-reactive ketones (excluding diaryl/α,β-unsaturated/α-hetero) is 1. The van der Waals surface area contributed by atoms with Gasteiger partial charge in [0.2, 0.25) is 0 Å². The smallest absolute Gasteiger partial charge is 0.356 e. The maximum Gasteiger partial charge on any atom is 0.356 e. The number of carbonyl (C=O) groups excluding carboxylic acids is 1. The van der Waals surface area contributed by atoms with Gasteiger partial charge in [0.15, 0.2) is 17.2 Å². The van der Waals surface area contributed by atoms with Gasteiger partial charge in [-0.2, -0.15) is 0 Å². The fraction of sp³-hybridized carbons (Fsp3) is 0.286. The Kier molecular flexibility index (Phi) is 5.63. The minimum absolute atomic E-state index is 0.0129. The Balaban J connectivity index is 2.19. The average molecular weight is 382 g/mol. The van der Waals surface area contributed by atoms with Crippen LogP contribution < -0.4 is 10.3 Å². The molecule has 0 bridgehead atoms. The second-order valence-electron chi connectivity index (χ2n) is 6.42. The summed E-state index contributed by atoms with van der Waals surface area (Å²) in [5.74, 6) is -1.38. The van der Waals surface area contributed by atoms with E-state index >= 15 is 0 Å². The molecule has 0 aliphatic carbocycles. The molecule has 28 heavy (non-hydrogen) atoms. The normalized spacial score (nSPS) is 10.9. The monoisotopic (exact) mass is 382 g/mol. The van der Waals surface area contributed by atoms with Gasteiger partial charge in [-0.05, 0) is 19.4 Å². The summed E-state index contributed by atoms with van der Waals surface area (Å²) >= 11 is 0. The molecular weight excluding hydrogens is 360 g/mol. The summed E-state index contributed by atoms with van der Waals surface area (Å²) in [6.45, 7) is 3.79. The molecule has 0 aliphatic heterocycles. The molecular formula is C21H22N2O5. The molecule has 146 valence electrons. The van der Waals surface area contributed by atoms with Crippen LogP contribution in [0, 0.1) is 0 Å². The van der Waals surface area contributed by atoms with Gasteiger partial charge in [0.25, 0.3) is 5.56 Å². The lowest BCUT2D eigenvalue weighted by Crippen LogP contribution is -2.27. The molecule has 0 saturated carbocycles. The number of fused-ring (bicyclic) bond motifs is 1. The number of nitrogens with one attached hydrogen (secondary N) is 1. The fourth-order valence-corrected chi connectivity index (χ4v) is 3.27. The highest BCUT2D eigenvalue weighted by Gasteiger charge is 2.24. The van der Waals surface area contributed by atoms with Crippen molar-refractivity contribution >= 4 is 22.7 Å². The van der Waals surface area contributed by atoms with E-state index in [0.717, 1.165) is 6.42 Å². The minimum Gasteiger partial charge on any atom is -0.490 e. The first-order valence-corrected chi connectivity index (χ1v) is 9.20. The number of pyridine rings is 1. The van der Waals surface area contributed by atoms with Gasteiger partial charge in [-0.3, -0.25) is 9.59 Å². The molecule has 7 nitrogen and oxygen atoms in total. The highest BCUT2D eigenvalue weighted by molar-refractivity contribution is 6.00. The third kappa shape index (κ3) is 3.55. The highest BCUT2D eigenvalue weighted by atomic mass is 16.5. The molecule has 2 N–H and O–H groups in total. The summed E-state index contributed by atoms with van der Waals surface area (Å²) in [7, 11) is 0. The predicted octanol–water partition coefficient (Wildman–Crippen LogP) is 3.26. The average Bonchev–Trinajstić information content (AvgIpc) is 3.04. The zero-order valence-electron chi connectivity index (χ0n) is 15.8. The number of nitrogens with zero attached hydrogens (tertiary/aromatic N) is 1. The number of ketones is 1. The number of hydrogen-bond acceptors (Lipinski definition) is 4. The fourth-order valence-electron chi connectivity index (χ4n) is 3.27. The number of hydrogen-bond donors (Lipinski definition) is 2. The van der Waals surface area contributed by atoms with Crippen LogP contribution in [-0.4, -0.2) is 33.0 Å². The van der Waals surface area contributed by atoms with Crippen LogP contribution in [0.3, 0.4) is 0 Å². The quantitative estimate of drug-likeness (QED) is 0.582. The van der Waals surface area contributed by atoms with Crippen molar-refractivity contribution in [2.45, 2.75) is 33.2 Å². The van der Waals surface area contributed by atoms with E-state index in [1.807, 2.05) is 13.0 Å². The minimum atomic E-state index is -1.21. The molecule has 3 aromatic rings. The first-order valence-electron chi connectivity index (χ1n) is 9.20. The van der Waals surface area contributed by atoms with Crippen molar-refractivity contribution in [1.29, 1.82) is 0 Å². The topological polar surface area (TPSA) is 101 Å². The number of H-pyrrole nitrogens is 1. The Bertz CT molecular complexity index is 1080. The van der Waals surface area contributed by atoms with E-state index in [1.54, 1.807) is 37.3 Å². The van der Waals surface area contributed by atoms with Crippen LogP contribution in [0.15, 0.2) is 41.2 Å². The number of carbonyl (C=O) groups is 2. The van der Waals surface area contributed by atoms with Crippen LogP contribution in [0.4, 0.5) is 0 Å². The largest absolute Gasteiger partial charge is 0.490 e. The van der Waals surface area contributed by atoms with E-state index in [0.29, 0.717) is 23.2 Å². The van der Waals surface area contributed by atoms with E-state index in [2.05, 4.69) is 4.98 Å². The maximum atomic E-state index is 13.2. The summed E-state index contributed by atoms with van der Waals surface area (Å²) in [5, 5.41) is 9.60. The van der Waals surface area contributed by atoms with Gasteiger partial charge in [0, 0.05) is 11.3 Å². The number of ether oxygens (including phenoxy) is 1. The van der Waals surface area contributed by atoms with Gasteiger partial charge >= 0.3 is 5.97 Å². The Morgan fingerprint density at radius 2 is 1.89 bits per heavy atom. The van der Waals surface area contributed by atoms with Crippen molar-refractivity contribution in [3.63, 3.8) is 0 Å². The van der Waals surface area contributed by atoms with E-state index < -0.39 is 11.5 Å². The molecule has 0 aliphatic rings. The number of carboxylic acid groups (broad SMARTS) is 1. The zero-order chi connectivity index (χ0) is 20.3. The SMILES string of the molecule is CCCc1cc2[nH]c(C(=O)O)c(OCC)c2c(=O)n1CC(=O)c1ccccc1. The van der Waals surface area contributed by atoms with Crippen LogP contribution in [-0.2, 0) is 13.0 Å². The summed E-state index contributed by atoms with van der Waals surface area (Å²) in [4.78, 5) is 40.3. The first-order chi connectivity index (χ1) is 13.5. The molecule has 3 rings (SSSR count). The Hall–Kier alpha value is -3.35. The lowest BCUT2D eigenvalue weighted by Gasteiger charge is -2.13. The molecule has 0 fully saturated rings. The number of rotatable bonds is 8. The first kappa shape index (κ1) is 19.4. The number of aryl methyl sites for hydroxylation is 1. The van der Waals surface area contributed by atoms with Gasteiger partial charge in [0.05, 0.1) is 18.7 Å². The van der Waals surface area contributed by atoms with Crippen molar-refractivity contribution < 1.29 is 19.4 Å². The van der Waals surface area contributed by atoms with Crippen molar-refractivity contribution in [1.82, 2.24) is 9.55 Å². The molecule has 0 spiro atoms. The van der Waals surface area contributed by atoms with Crippen molar-refractivity contribution in [3.8, 4) is 5.75 Å². The number of aromatic carboxylic acids is 1. The van der Waals surface area contributed by atoms with E-state index in [-0.39, 0.29) is 35.8 Å². The summed E-state index contributed by atoms with van der Waals surface area (Å²) in [6, 6.07) is 10.5. The Morgan fingerprint density at radius 3 is 2.50 bits per heavy atom. The van der Waals surface area contributed by atoms with E-state index in [9.17, 15) is 19.5 Å². The van der Waals surface area contributed by atoms with Gasteiger partial charge in [-0.1, -0.05) is 43.7 Å². The summed E-state index contributed by atoms with van der Waals surface area (Å²) in [5.41, 5.74) is 0.992. The van der Waals surface area contributed by atoms with Gasteiger partial charge in [-0.15, -0.1) is 0 Å². The third-order valence-corrected chi connectivity index (χ3v) is 4.51. The second kappa shape index (κ2) is 8.12. The molecule has 0 atom stereocenters. The van der Waals surface area contributed by atoms with Crippen LogP contribution >= 0.6 is 0 Å². The molecule has 2 heterocycles. The van der Waals surface area contributed by atoms with Crippen molar-refractivity contribution in [3.05, 3.63) is 63.7 Å². The lowest BCUT2D eigenvalue weighted by atomic mass is 10.1. The number of aromatic amines is 1. The molecule has 0 unspecified atom stereocenters. The van der Waals surface area contributed by atoms with Gasteiger partial charge < -0.3 is 19.4 Å².